The van der Waals surface area contributed by atoms with E-state index in [0.29, 0.717) is 36.6 Å². The molecule has 0 spiro atoms. The number of sulfonamides is 1. The molecule has 0 unspecified atom stereocenters. The highest BCUT2D eigenvalue weighted by molar-refractivity contribution is 7.88. The van der Waals surface area contributed by atoms with Crippen LogP contribution in [0.3, 0.4) is 0 Å². The Bertz CT molecular complexity index is 1020. The molecule has 0 radical (unpaired) electrons. The summed E-state index contributed by atoms with van der Waals surface area (Å²) in [6.07, 6.45) is 3.82. The second-order valence-electron chi connectivity index (χ2n) is 6.31. The Morgan fingerprint density at radius 1 is 1.15 bits per heavy atom. The molecule has 27 heavy (non-hydrogen) atoms. The van der Waals surface area contributed by atoms with Crippen molar-refractivity contribution in [3.05, 3.63) is 49.8 Å². The summed E-state index contributed by atoms with van der Waals surface area (Å²) in [5.41, 5.74) is 0.757. The lowest BCUT2D eigenvalue weighted by atomic mass is 10.1. The molecular weight excluding hydrogens is 435 g/mol. The standard InChI is InChI=1S/C16H17Cl3N4O3S/c1-27(25,26)21-10-4-6-22(7-5-10)14-3-2-11(8-12(14)17)23-16(24)15(19)13(18)9-20-23/h2-3,8-10,21H,4-7H2,1H3. The first-order valence-electron chi connectivity index (χ1n) is 8.11. The summed E-state index contributed by atoms with van der Waals surface area (Å²) in [6.45, 7) is 1.33. The lowest BCUT2D eigenvalue weighted by Gasteiger charge is -2.34. The van der Waals surface area contributed by atoms with E-state index in [1.54, 1.807) is 18.2 Å². The average molecular weight is 452 g/mol. The smallest absolute Gasteiger partial charge is 0.291 e. The summed E-state index contributed by atoms with van der Waals surface area (Å²) in [6, 6.07) is 5.09. The second kappa shape index (κ2) is 7.97. The topological polar surface area (TPSA) is 84.3 Å². The van der Waals surface area contributed by atoms with Gasteiger partial charge in [0.2, 0.25) is 10.0 Å². The van der Waals surface area contributed by atoms with Crippen molar-refractivity contribution in [1.82, 2.24) is 14.5 Å². The van der Waals surface area contributed by atoms with E-state index in [2.05, 4.69) is 14.7 Å². The van der Waals surface area contributed by atoms with Crippen LogP contribution in [-0.2, 0) is 10.0 Å². The normalized spacial score (nSPS) is 15.9. The zero-order valence-corrected chi connectivity index (χ0v) is 17.4. The van der Waals surface area contributed by atoms with Crippen molar-refractivity contribution >= 4 is 50.5 Å². The van der Waals surface area contributed by atoms with Crippen LogP contribution in [0.5, 0.6) is 0 Å². The van der Waals surface area contributed by atoms with Gasteiger partial charge in [0.05, 0.1) is 33.9 Å². The molecule has 1 aromatic carbocycles. The van der Waals surface area contributed by atoms with Crippen molar-refractivity contribution < 1.29 is 8.42 Å². The Morgan fingerprint density at radius 3 is 2.41 bits per heavy atom. The highest BCUT2D eigenvalue weighted by atomic mass is 35.5. The van der Waals surface area contributed by atoms with Crippen LogP contribution in [0.25, 0.3) is 5.69 Å². The number of piperidine rings is 1. The fourth-order valence-electron chi connectivity index (χ4n) is 3.02. The first-order chi connectivity index (χ1) is 12.7. The summed E-state index contributed by atoms with van der Waals surface area (Å²) >= 11 is 18.1. The van der Waals surface area contributed by atoms with Crippen molar-refractivity contribution in [1.29, 1.82) is 0 Å². The van der Waals surface area contributed by atoms with Crippen LogP contribution in [0.15, 0.2) is 29.2 Å². The number of anilines is 1. The average Bonchev–Trinajstić information content (AvgIpc) is 2.59. The maximum atomic E-state index is 12.2. The van der Waals surface area contributed by atoms with Crippen LogP contribution < -0.4 is 15.2 Å². The molecule has 1 aliphatic heterocycles. The molecule has 0 atom stereocenters. The number of nitrogens with one attached hydrogen (secondary N) is 1. The van der Waals surface area contributed by atoms with Crippen molar-refractivity contribution in [3.63, 3.8) is 0 Å². The monoisotopic (exact) mass is 450 g/mol. The molecule has 11 heteroatoms. The van der Waals surface area contributed by atoms with Crippen LogP contribution in [0.4, 0.5) is 5.69 Å². The quantitative estimate of drug-likeness (QED) is 0.772. The van der Waals surface area contributed by atoms with Crippen molar-refractivity contribution in [2.24, 2.45) is 0 Å². The lowest BCUT2D eigenvalue weighted by Crippen LogP contribution is -2.44. The minimum Gasteiger partial charge on any atom is -0.370 e. The van der Waals surface area contributed by atoms with Crippen LogP contribution in [0.2, 0.25) is 15.1 Å². The largest absolute Gasteiger partial charge is 0.370 e. The van der Waals surface area contributed by atoms with E-state index in [0.717, 1.165) is 16.6 Å². The molecule has 1 aliphatic rings. The van der Waals surface area contributed by atoms with E-state index in [-0.39, 0.29) is 16.1 Å². The highest BCUT2D eigenvalue weighted by Gasteiger charge is 2.23. The fraction of sp³-hybridized carbons (Fsp3) is 0.375. The molecule has 3 rings (SSSR count). The minimum atomic E-state index is -3.22. The number of hydrogen-bond donors (Lipinski definition) is 1. The van der Waals surface area contributed by atoms with E-state index in [1.807, 2.05) is 0 Å². The molecule has 0 saturated carbocycles. The number of hydrogen-bond acceptors (Lipinski definition) is 5. The Labute approximate surface area is 171 Å². The van der Waals surface area contributed by atoms with Crippen molar-refractivity contribution in [3.8, 4) is 5.69 Å². The maximum Gasteiger partial charge on any atom is 0.291 e. The zero-order chi connectivity index (χ0) is 19.8. The van der Waals surface area contributed by atoms with Gasteiger partial charge in [-0.25, -0.2) is 13.1 Å². The minimum absolute atomic E-state index is 0.0757. The van der Waals surface area contributed by atoms with Crippen LogP contribution in [0, 0.1) is 0 Å². The molecular formula is C16H17Cl3N4O3S. The van der Waals surface area contributed by atoms with Gasteiger partial charge in [0.15, 0.2) is 0 Å². The van der Waals surface area contributed by atoms with Crippen LogP contribution in [-0.4, -0.2) is 43.6 Å². The van der Waals surface area contributed by atoms with Gasteiger partial charge < -0.3 is 4.90 Å². The zero-order valence-electron chi connectivity index (χ0n) is 14.3. The predicted molar refractivity (Wildman–Crippen MR) is 108 cm³/mol. The summed E-state index contributed by atoms with van der Waals surface area (Å²) in [7, 11) is -3.22. The molecule has 0 amide bonds. The van der Waals surface area contributed by atoms with Crippen LogP contribution in [0.1, 0.15) is 12.8 Å². The number of aromatic nitrogens is 2. The molecule has 1 aromatic heterocycles. The van der Waals surface area contributed by atoms with Gasteiger partial charge in [-0.2, -0.15) is 9.78 Å². The maximum absolute atomic E-state index is 12.2. The summed E-state index contributed by atoms with van der Waals surface area (Å²) in [5.74, 6) is 0. The molecule has 1 saturated heterocycles. The number of benzene rings is 1. The summed E-state index contributed by atoms with van der Waals surface area (Å²) in [5, 5.41) is 4.43. The van der Waals surface area contributed by atoms with E-state index >= 15 is 0 Å². The Hall–Kier alpha value is -1.32. The number of rotatable bonds is 4. The van der Waals surface area contributed by atoms with Crippen LogP contribution >= 0.6 is 34.8 Å². The third-order valence-electron chi connectivity index (χ3n) is 4.27. The molecule has 1 N–H and O–H groups in total. The Kier molecular flexibility index (Phi) is 6.02. The SMILES string of the molecule is CS(=O)(=O)NC1CCN(c2ccc(-n3ncc(Cl)c(Cl)c3=O)cc2Cl)CC1. The summed E-state index contributed by atoms with van der Waals surface area (Å²) in [4.78, 5) is 14.3. The Balaban J connectivity index is 1.79. The Morgan fingerprint density at radius 2 is 1.81 bits per heavy atom. The van der Waals surface area contributed by atoms with Gasteiger partial charge in [-0.15, -0.1) is 0 Å². The third-order valence-corrected chi connectivity index (χ3v) is 6.08. The van der Waals surface area contributed by atoms with Gasteiger partial charge in [-0.3, -0.25) is 4.79 Å². The molecule has 7 nitrogen and oxygen atoms in total. The van der Waals surface area contributed by atoms with Crippen molar-refractivity contribution in [2.45, 2.75) is 18.9 Å². The van der Waals surface area contributed by atoms with Gasteiger partial charge in [-0.05, 0) is 31.0 Å². The van der Waals surface area contributed by atoms with Gasteiger partial charge in [0, 0.05) is 19.1 Å². The molecule has 0 bridgehead atoms. The molecule has 146 valence electrons. The molecule has 0 aliphatic carbocycles. The second-order valence-corrected chi connectivity index (χ2v) is 9.28. The van der Waals surface area contributed by atoms with E-state index in [1.165, 1.54) is 6.20 Å². The van der Waals surface area contributed by atoms with E-state index in [4.69, 9.17) is 34.8 Å². The lowest BCUT2D eigenvalue weighted by molar-refractivity contribution is 0.462. The highest BCUT2D eigenvalue weighted by Crippen LogP contribution is 2.30. The van der Waals surface area contributed by atoms with Crippen molar-refractivity contribution in [2.75, 3.05) is 24.2 Å². The van der Waals surface area contributed by atoms with E-state index < -0.39 is 15.6 Å². The molecule has 2 heterocycles. The van der Waals surface area contributed by atoms with Gasteiger partial charge in [0.1, 0.15) is 5.02 Å². The fourth-order valence-corrected chi connectivity index (χ4v) is 4.41. The first-order valence-corrected chi connectivity index (χ1v) is 11.1. The van der Waals surface area contributed by atoms with Gasteiger partial charge in [-0.1, -0.05) is 34.8 Å². The third kappa shape index (κ3) is 4.75. The van der Waals surface area contributed by atoms with Gasteiger partial charge in [0.25, 0.3) is 5.56 Å². The first kappa shape index (κ1) is 20.4. The van der Waals surface area contributed by atoms with Gasteiger partial charge >= 0.3 is 0 Å². The molecule has 1 fully saturated rings. The predicted octanol–water partition coefficient (Wildman–Crippen LogP) is 2.71. The van der Waals surface area contributed by atoms with E-state index in [9.17, 15) is 13.2 Å². The number of nitrogens with zero attached hydrogens (tertiary/aromatic N) is 3. The number of halogens is 3. The summed E-state index contributed by atoms with van der Waals surface area (Å²) < 4.78 is 26.5. The molecule has 2 aromatic rings.